The Morgan fingerprint density at radius 3 is 1.44 bits per heavy atom. The maximum absolute atomic E-state index is 4.00. The van der Waals surface area contributed by atoms with Gasteiger partial charge in [0.1, 0.15) is 0 Å². The molecule has 2 aromatic carbocycles. The Hall–Kier alpha value is -2.46. The molecule has 1 aliphatic rings. The summed E-state index contributed by atoms with van der Waals surface area (Å²) in [6, 6.07) is 21.7. The molecule has 0 bridgehead atoms. The fraction of sp³-hybridized carbons (Fsp3) is 0.273. The zero-order valence-corrected chi connectivity index (χ0v) is 15.9. The Bertz CT molecular complexity index is 602. The molecule has 0 aliphatic carbocycles. The normalized spacial score (nSPS) is 12.5. The van der Waals surface area contributed by atoms with E-state index in [4.69, 9.17) is 0 Å². The zero-order chi connectivity index (χ0) is 16.5. The first-order chi connectivity index (χ1) is 11.4. The number of piperidine rings is 1. The molecule has 5 heteroatoms. The lowest BCUT2D eigenvalue weighted by molar-refractivity contribution is 0.270. The molecular formula is C22H33NO4. The van der Waals surface area contributed by atoms with Crippen LogP contribution in [0.4, 0.5) is 0 Å². The molecule has 27 heavy (non-hydrogen) atoms. The number of benzene rings is 2. The molecule has 1 heterocycles. The monoisotopic (exact) mass is 375 g/mol. The third-order valence-electron chi connectivity index (χ3n) is 4.39. The van der Waals surface area contributed by atoms with E-state index in [9.17, 15) is 0 Å². The summed E-state index contributed by atoms with van der Waals surface area (Å²) < 4.78 is 0. The van der Waals surface area contributed by atoms with Crippen molar-refractivity contribution in [1.82, 2.24) is 4.90 Å². The average Bonchev–Trinajstić information content (AvgIpc) is 2.66. The second-order valence-electron chi connectivity index (χ2n) is 5.64. The van der Waals surface area contributed by atoms with E-state index in [2.05, 4.69) is 85.3 Å². The van der Waals surface area contributed by atoms with E-state index in [-0.39, 0.29) is 21.9 Å². The van der Waals surface area contributed by atoms with Crippen LogP contribution in [0, 0.1) is 12.8 Å². The topological polar surface area (TPSA) is 129 Å². The van der Waals surface area contributed by atoms with Crippen molar-refractivity contribution < 1.29 is 21.9 Å². The van der Waals surface area contributed by atoms with Crippen LogP contribution in [0.1, 0.15) is 30.9 Å². The molecule has 0 spiro atoms. The van der Waals surface area contributed by atoms with E-state index in [0.717, 1.165) is 0 Å². The number of rotatable bonds is 3. The van der Waals surface area contributed by atoms with Crippen LogP contribution in [0.2, 0.25) is 0 Å². The van der Waals surface area contributed by atoms with Gasteiger partial charge in [0.2, 0.25) is 0 Å². The van der Waals surface area contributed by atoms with E-state index in [1.54, 1.807) is 5.57 Å². The zero-order valence-electron chi connectivity index (χ0n) is 15.9. The van der Waals surface area contributed by atoms with Crippen LogP contribution >= 0.6 is 0 Å². The minimum absolute atomic E-state index is 0. The highest BCUT2D eigenvalue weighted by Gasteiger charge is 2.17. The summed E-state index contributed by atoms with van der Waals surface area (Å²) in [6.45, 7) is 5.80. The van der Waals surface area contributed by atoms with Crippen LogP contribution in [-0.2, 0) is 0 Å². The van der Waals surface area contributed by atoms with Gasteiger partial charge in [-0.3, -0.25) is 0 Å². The molecule has 0 unspecified atom stereocenters. The molecule has 0 aromatic heterocycles. The Kier molecular flexibility index (Phi) is 17.1. The lowest BCUT2D eigenvalue weighted by Gasteiger charge is -2.29. The lowest BCUT2D eigenvalue weighted by Crippen LogP contribution is -2.30. The van der Waals surface area contributed by atoms with Gasteiger partial charge in [-0.15, -0.1) is 12.8 Å². The molecule has 0 atom stereocenters. The van der Waals surface area contributed by atoms with Crippen molar-refractivity contribution in [2.24, 2.45) is 0 Å². The Morgan fingerprint density at radius 2 is 1.11 bits per heavy atom. The van der Waals surface area contributed by atoms with E-state index < -0.39 is 0 Å². The summed E-state index contributed by atoms with van der Waals surface area (Å²) in [5.41, 5.74) is 5.76. The van der Waals surface area contributed by atoms with Crippen molar-refractivity contribution in [3.63, 3.8) is 0 Å². The molecule has 0 amide bonds. The molecule has 1 aliphatic heterocycles. The minimum atomic E-state index is 0. The predicted octanol–water partition coefficient (Wildman–Crippen LogP) is 1.55. The molecule has 1 saturated heterocycles. The van der Waals surface area contributed by atoms with Gasteiger partial charge >= 0.3 is 0 Å². The first-order valence-electron chi connectivity index (χ1n) is 8.27. The molecule has 2 aromatic rings. The third kappa shape index (κ3) is 7.75. The van der Waals surface area contributed by atoms with Crippen molar-refractivity contribution in [2.75, 3.05) is 19.6 Å². The van der Waals surface area contributed by atoms with Gasteiger partial charge in [0, 0.05) is 13.1 Å². The maximum Gasteiger partial charge on any atom is 0.00189 e. The average molecular weight is 376 g/mol. The summed E-state index contributed by atoms with van der Waals surface area (Å²) in [5.74, 6) is 0. The Labute approximate surface area is 162 Å². The molecule has 8 N–H and O–H groups in total. The van der Waals surface area contributed by atoms with E-state index in [1.165, 1.54) is 49.2 Å². The van der Waals surface area contributed by atoms with Gasteiger partial charge in [-0.2, -0.15) is 0 Å². The molecule has 5 nitrogen and oxygen atoms in total. The Balaban J connectivity index is -0.000000930. The minimum Gasteiger partial charge on any atom is -0.412 e. The van der Waals surface area contributed by atoms with Crippen LogP contribution in [-0.4, -0.2) is 46.4 Å². The van der Waals surface area contributed by atoms with Crippen molar-refractivity contribution in [3.05, 3.63) is 77.4 Å². The molecule has 1 fully saturated rings. The molecule has 3 rings (SSSR count). The van der Waals surface area contributed by atoms with Gasteiger partial charge in [0.15, 0.2) is 0 Å². The van der Waals surface area contributed by atoms with Gasteiger partial charge in [-0.1, -0.05) is 73.2 Å². The van der Waals surface area contributed by atoms with E-state index >= 15 is 0 Å². The highest BCUT2D eigenvalue weighted by atomic mass is 16.0. The SMILES string of the molecule is C#C.CCN1CCC(=C(c2ccccc2)c2ccccc2)CC1.O.O.O.O. The number of nitrogens with zero attached hydrogens (tertiary/aromatic N) is 1. The lowest BCUT2D eigenvalue weighted by atomic mass is 9.88. The summed E-state index contributed by atoms with van der Waals surface area (Å²) in [7, 11) is 0. The third-order valence-corrected chi connectivity index (χ3v) is 4.39. The van der Waals surface area contributed by atoms with Gasteiger partial charge in [-0.25, -0.2) is 0 Å². The van der Waals surface area contributed by atoms with Gasteiger partial charge in [0.25, 0.3) is 0 Å². The van der Waals surface area contributed by atoms with Crippen molar-refractivity contribution in [3.8, 4) is 12.8 Å². The second kappa shape index (κ2) is 15.8. The number of likely N-dealkylation sites (tertiary alicyclic amines) is 1. The smallest absolute Gasteiger partial charge is 0.00189 e. The van der Waals surface area contributed by atoms with E-state index in [1.807, 2.05) is 0 Å². The van der Waals surface area contributed by atoms with Crippen molar-refractivity contribution in [2.45, 2.75) is 19.8 Å². The van der Waals surface area contributed by atoms with E-state index in [0.29, 0.717) is 0 Å². The van der Waals surface area contributed by atoms with Crippen LogP contribution in [0.15, 0.2) is 66.2 Å². The Morgan fingerprint density at radius 1 is 0.741 bits per heavy atom. The predicted molar refractivity (Wildman–Crippen MR) is 115 cm³/mol. The molecule has 150 valence electrons. The summed E-state index contributed by atoms with van der Waals surface area (Å²) in [4.78, 5) is 2.54. The molecule has 0 saturated carbocycles. The highest BCUT2D eigenvalue weighted by molar-refractivity contribution is 5.82. The second-order valence-corrected chi connectivity index (χ2v) is 5.64. The standard InChI is InChI=1S/C20H23N.C2H2.4H2O/c1-2-21-15-13-19(14-16-21)20(17-9-5-3-6-10-17)18-11-7-4-8-12-18;1-2;;;;/h3-12H,2,13-16H2,1H3;1-2H;4*1H2. The van der Waals surface area contributed by atoms with Crippen LogP contribution in [0.3, 0.4) is 0 Å². The van der Waals surface area contributed by atoms with Crippen molar-refractivity contribution >= 4 is 5.57 Å². The fourth-order valence-corrected chi connectivity index (χ4v) is 3.17. The summed E-state index contributed by atoms with van der Waals surface area (Å²) >= 11 is 0. The van der Waals surface area contributed by atoms with Gasteiger partial charge < -0.3 is 26.8 Å². The van der Waals surface area contributed by atoms with Gasteiger partial charge in [0.05, 0.1) is 0 Å². The van der Waals surface area contributed by atoms with Crippen molar-refractivity contribution in [1.29, 1.82) is 0 Å². The largest absolute Gasteiger partial charge is 0.412 e. The molecule has 0 radical (unpaired) electrons. The maximum atomic E-state index is 4.00. The number of hydrogen-bond acceptors (Lipinski definition) is 1. The first-order valence-corrected chi connectivity index (χ1v) is 8.27. The van der Waals surface area contributed by atoms with Crippen LogP contribution in [0.5, 0.6) is 0 Å². The summed E-state index contributed by atoms with van der Waals surface area (Å²) in [6.07, 6.45) is 10.4. The number of hydrogen-bond donors (Lipinski definition) is 0. The van der Waals surface area contributed by atoms with Gasteiger partial charge in [-0.05, 0) is 36.1 Å². The quantitative estimate of drug-likeness (QED) is 0.741. The molecular weight excluding hydrogens is 342 g/mol. The fourth-order valence-electron chi connectivity index (χ4n) is 3.17. The van der Waals surface area contributed by atoms with Crippen LogP contribution < -0.4 is 0 Å². The first kappa shape index (κ1) is 29.3. The van der Waals surface area contributed by atoms with Crippen LogP contribution in [0.25, 0.3) is 5.57 Å². The number of terminal acetylenes is 1. The highest BCUT2D eigenvalue weighted by Crippen LogP contribution is 2.32. The summed E-state index contributed by atoms with van der Waals surface area (Å²) in [5, 5.41) is 0.